The zero-order valence-corrected chi connectivity index (χ0v) is 14.8. The Bertz CT molecular complexity index is 288. The zero-order chi connectivity index (χ0) is 14.6. The van der Waals surface area contributed by atoms with Crippen LogP contribution >= 0.6 is 15.9 Å². The van der Waals surface area contributed by atoms with Gasteiger partial charge in [-0.3, -0.25) is 4.79 Å². The minimum Gasteiger partial charge on any atom is -0.345 e. The zero-order valence-electron chi connectivity index (χ0n) is 13.2. The monoisotopic (exact) mass is 331 g/mol. The van der Waals surface area contributed by atoms with Crippen LogP contribution in [-0.2, 0) is 4.79 Å². The average molecular weight is 332 g/mol. The number of amides is 1. The highest BCUT2D eigenvalue weighted by Crippen LogP contribution is 2.40. The van der Waals surface area contributed by atoms with E-state index in [4.69, 9.17) is 0 Å². The van der Waals surface area contributed by atoms with Crippen LogP contribution in [-0.4, -0.2) is 29.2 Å². The van der Waals surface area contributed by atoms with Gasteiger partial charge in [-0.2, -0.15) is 0 Å². The van der Waals surface area contributed by atoms with Crippen LogP contribution in [0, 0.1) is 17.3 Å². The van der Waals surface area contributed by atoms with Crippen molar-refractivity contribution in [1.29, 1.82) is 0 Å². The van der Waals surface area contributed by atoms with Crippen molar-refractivity contribution in [3.8, 4) is 0 Å². The Balaban J connectivity index is 2.40. The van der Waals surface area contributed by atoms with Gasteiger partial charge in [-0.1, -0.05) is 43.6 Å². The SMILES string of the molecule is CC(Br)CCN(C)C(=O)C1CCC(C(C)(C)C)CC1. The summed E-state index contributed by atoms with van der Waals surface area (Å²) < 4.78 is 0. The van der Waals surface area contributed by atoms with E-state index in [2.05, 4.69) is 43.6 Å². The molecule has 1 amide bonds. The van der Waals surface area contributed by atoms with Gasteiger partial charge < -0.3 is 4.90 Å². The fourth-order valence-corrected chi connectivity index (χ4v) is 3.20. The summed E-state index contributed by atoms with van der Waals surface area (Å²) in [5.74, 6) is 1.42. The Morgan fingerprint density at radius 1 is 1.26 bits per heavy atom. The molecular formula is C16H30BrNO. The smallest absolute Gasteiger partial charge is 0.225 e. The molecule has 0 saturated heterocycles. The van der Waals surface area contributed by atoms with Crippen LogP contribution in [0.2, 0.25) is 0 Å². The molecule has 0 radical (unpaired) electrons. The topological polar surface area (TPSA) is 20.3 Å². The van der Waals surface area contributed by atoms with Gasteiger partial charge in [-0.05, 0) is 43.4 Å². The largest absolute Gasteiger partial charge is 0.345 e. The van der Waals surface area contributed by atoms with Crippen LogP contribution in [0.4, 0.5) is 0 Å². The second kappa shape index (κ2) is 7.10. The van der Waals surface area contributed by atoms with Crippen LogP contribution < -0.4 is 0 Å². The molecule has 1 atom stereocenters. The predicted molar refractivity (Wildman–Crippen MR) is 85.5 cm³/mol. The molecule has 112 valence electrons. The van der Waals surface area contributed by atoms with Crippen LogP contribution in [0.25, 0.3) is 0 Å². The number of hydrogen-bond acceptors (Lipinski definition) is 1. The molecule has 1 fully saturated rings. The lowest BCUT2D eigenvalue weighted by atomic mass is 9.69. The molecular weight excluding hydrogens is 302 g/mol. The Morgan fingerprint density at radius 2 is 1.79 bits per heavy atom. The number of hydrogen-bond donors (Lipinski definition) is 0. The summed E-state index contributed by atoms with van der Waals surface area (Å²) >= 11 is 3.54. The number of carbonyl (C=O) groups is 1. The van der Waals surface area contributed by atoms with Gasteiger partial charge >= 0.3 is 0 Å². The van der Waals surface area contributed by atoms with E-state index in [-0.39, 0.29) is 5.92 Å². The molecule has 0 aliphatic heterocycles. The minimum atomic E-state index is 0.272. The number of carbonyl (C=O) groups excluding carboxylic acids is 1. The van der Waals surface area contributed by atoms with Crippen molar-refractivity contribution in [2.24, 2.45) is 17.3 Å². The van der Waals surface area contributed by atoms with E-state index in [1.54, 1.807) is 0 Å². The first kappa shape index (κ1) is 17.0. The Morgan fingerprint density at radius 3 is 2.21 bits per heavy atom. The molecule has 1 aliphatic carbocycles. The molecule has 3 heteroatoms. The fraction of sp³-hybridized carbons (Fsp3) is 0.938. The minimum absolute atomic E-state index is 0.272. The maximum absolute atomic E-state index is 12.4. The van der Waals surface area contributed by atoms with E-state index >= 15 is 0 Å². The summed E-state index contributed by atoms with van der Waals surface area (Å²) in [6.45, 7) is 9.97. The first-order chi connectivity index (χ1) is 8.71. The molecule has 0 bridgehead atoms. The van der Waals surface area contributed by atoms with Crippen molar-refractivity contribution in [2.45, 2.75) is 64.6 Å². The van der Waals surface area contributed by atoms with E-state index in [9.17, 15) is 4.79 Å². The molecule has 1 aliphatic rings. The lowest BCUT2D eigenvalue weighted by Gasteiger charge is -2.37. The van der Waals surface area contributed by atoms with Crippen LogP contribution in [0.3, 0.4) is 0 Å². The van der Waals surface area contributed by atoms with Gasteiger partial charge in [0.05, 0.1) is 0 Å². The molecule has 1 saturated carbocycles. The van der Waals surface area contributed by atoms with Crippen molar-refractivity contribution in [3.63, 3.8) is 0 Å². The standard InChI is InChI=1S/C16H30BrNO/c1-12(17)10-11-18(5)15(19)13-6-8-14(9-7-13)16(2,3)4/h12-14H,6-11H2,1-5H3. The van der Waals surface area contributed by atoms with Gasteiger partial charge in [0.15, 0.2) is 0 Å². The second-order valence-corrected chi connectivity index (χ2v) is 8.81. The van der Waals surface area contributed by atoms with Crippen LogP contribution in [0.5, 0.6) is 0 Å². The third kappa shape index (κ3) is 5.45. The van der Waals surface area contributed by atoms with Crippen molar-refractivity contribution in [3.05, 3.63) is 0 Å². The van der Waals surface area contributed by atoms with E-state index < -0.39 is 0 Å². The molecule has 0 N–H and O–H groups in total. The van der Waals surface area contributed by atoms with Gasteiger partial charge in [0.25, 0.3) is 0 Å². The molecule has 2 nitrogen and oxygen atoms in total. The lowest BCUT2D eigenvalue weighted by Crippen LogP contribution is -2.37. The quantitative estimate of drug-likeness (QED) is 0.696. The maximum Gasteiger partial charge on any atom is 0.225 e. The van der Waals surface area contributed by atoms with Crippen molar-refractivity contribution in [2.75, 3.05) is 13.6 Å². The lowest BCUT2D eigenvalue weighted by molar-refractivity contribution is -0.135. The third-order valence-corrected chi connectivity index (χ3v) is 5.00. The van der Waals surface area contributed by atoms with Crippen molar-refractivity contribution in [1.82, 2.24) is 4.90 Å². The highest BCUT2D eigenvalue weighted by molar-refractivity contribution is 9.09. The number of rotatable bonds is 4. The third-order valence-electron chi connectivity index (χ3n) is 4.54. The van der Waals surface area contributed by atoms with Gasteiger partial charge in [-0.15, -0.1) is 0 Å². The predicted octanol–water partition coefficient (Wildman–Crippen LogP) is 4.47. The molecule has 1 rings (SSSR count). The molecule has 0 spiro atoms. The molecule has 0 aromatic rings. The van der Waals surface area contributed by atoms with Gasteiger partial charge in [0.1, 0.15) is 0 Å². The van der Waals surface area contributed by atoms with Crippen molar-refractivity contribution >= 4 is 21.8 Å². The average Bonchev–Trinajstić information content (AvgIpc) is 2.34. The van der Waals surface area contributed by atoms with E-state index in [0.29, 0.717) is 16.1 Å². The number of nitrogens with zero attached hydrogens (tertiary/aromatic N) is 1. The first-order valence-corrected chi connectivity index (χ1v) is 8.52. The van der Waals surface area contributed by atoms with Crippen molar-refractivity contribution < 1.29 is 4.79 Å². The first-order valence-electron chi connectivity index (χ1n) is 7.61. The van der Waals surface area contributed by atoms with E-state index in [1.165, 1.54) is 12.8 Å². The normalized spacial score (nSPS) is 26.0. The molecule has 1 unspecified atom stereocenters. The molecule has 19 heavy (non-hydrogen) atoms. The Labute approximate surface area is 127 Å². The van der Waals surface area contributed by atoms with Crippen LogP contribution in [0.1, 0.15) is 59.8 Å². The van der Waals surface area contributed by atoms with Gasteiger partial charge in [-0.25, -0.2) is 0 Å². The summed E-state index contributed by atoms with van der Waals surface area (Å²) in [5.41, 5.74) is 0.394. The Kier molecular flexibility index (Phi) is 6.35. The summed E-state index contributed by atoms with van der Waals surface area (Å²) in [6.07, 6.45) is 5.61. The van der Waals surface area contributed by atoms with Gasteiger partial charge in [0, 0.05) is 24.3 Å². The molecule has 0 aromatic heterocycles. The second-order valence-electron chi connectivity index (χ2n) is 7.24. The Hall–Kier alpha value is -0.0500. The highest BCUT2D eigenvalue weighted by Gasteiger charge is 2.33. The van der Waals surface area contributed by atoms with E-state index in [0.717, 1.165) is 31.7 Å². The fourth-order valence-electron chi connectivity index (χ4n) is 3.00. The highest BCUT2D eigenvalue weighted by atomic mass is 79.9. The summed E-state index contributed by atoms with van der Waals surface area (Å²) in [7, 11) is 1.95. The van der Waals surface area contributed by atoms with E-state index in [1.807, 2.05) is 11.9 Å². The summed E-state index contributed by atoms with van der Waals surface area (Å²) in [6, 6.07) is 0. The number of alkyl halides is 1. The number of halogens is 1. The maximum atomic E-state index is 12.4. The molecule has 0 heterocycles. The van der Waals surface area contributed by atoms with Crippen LogP contribution in [0.15, 0.2) is 0 Å². The van der Waals surface area contributed by atoms with Gasteiger partial charge in [0.2, 0.25) is 5.91 Å². The summed E-state index contributed by atoms with van der Waals surface area (Å²) in [5, 5.41) is 0. The summed E-state index contributed by atoms with van der Waals surface area (Å²) in [4.78, 5) is 14.8. The molecule has 0 aromatic carbocycles.